The lowest BCUT2D eigenvalue weighted by molar-refractivity contribution is -0.0559. The molecule has 0 radical (unpaired) electrons. The number of rotatable bonds is 1. The summed E-state index contributed by atoms with van der Waals surface area (Å²) >= 11 is 0. The normalized spacial score (nSPS) is 27.5. The van der Waals surface area contributed by atoms with Gasteiger partial charge in [-0.25, -0.2) is 8.78 Å². The molecule has 1 aliphatic rings. The van der Waals surface area contributed by atoms with Gasteiger partial charge < -0.3 is 5.32 Å². The van der Waals surface area contributed by atoms with E-state index in [2.05, 4.69) is 5.32 Å². The number of alkyl halides is 2. The van der Waals surface area contributed by atoms with Crippen LogP contribution in [0.25, 0.3) is 0 Å². The van der Waals surface area contributed by atoms with Gasteiger partial charge in [0.2, 0.25) is 0 Å². The van der Waals surface area contributed by atoms with Crippen molar-refractivity contribution in [3.05, 3.63) is 35.4 Å². The molecule has 1 fully saturated rings. The average Bonchev–Trinajstić information content (AvgIpc) is 2.43. The first-order valence-electron chi connectivity index (χ1n) is 5.16. The van der Waals surface area contributed by atoms with Crippen molar-refractivity contribution in [3.63, 3.8) is 0 Å². The minimum atomic E-state index is -2.67. The van der Waals surface area contributed by atoms with Crippen molar-refractivity contribution in [1.29, 1.82) is 0 Å². The average molecular weight is 248 g/mol. The van der Waals surface area contributed by atoms with Crippen LogP contribution in [0.15, 0.2) is 24.3 Å². The van der Waals surface area contributed by atoms with E-state index in [0.717, 1.165) is 5.56 Å². The van der Waals surface area contributed by atoms with E-state index in [-0.39, 0.29) is 18.8 Å². The predicted molar refractivity (Wildman–Crippen MR) is 63.3 cm³/mol. The minimum absolute atomic E-state index is 0. The first-order chi connectivity index (χ1) is 6.96. The fraction of sp³-hybridized carbons (Fsp3) is 0.500. The Morgan fingerprint density at radius 3 is 2.50 bits per heavy atom. The third-order valence-electron chi connectivity index (χ3n) is 3.24. The number of hydrogen-bond donors (Lipinski definition) is 1. The van der Waals surface area contributed by atoms with E-state index < -0.39 is 11.5 Å². The van der Waals surface area contributed by atoms with Crippen LogP contribution in [0.5, 0.6) is 0 Å². The first kappa shape index (κ1) is 13.4. The van der Waals surface area contributed by atoms with Crippen molar-refractivity contribution in [2.75, 3.05) is 6.54 Å². The Bertz CT molecular complexity index is 381. The lowest BCUT2D eigenvalue weighted by Gasteiger charge is -2.31. The maximum absolute atomic E-state index is 13.7. The van der Waals surface area contributed by atoms with Crippen LogP contribution in [0, 0.1) is 6.92 Å². The highest BCUT2D eigenvalue weighted by molar-refractivity contribution is 5.85. The van der Waals surface area contributed by atoms with E-state index in [9.17, 15) is 8.78 Å². The maximum Gasteiger partial charge on any atom is 0.270 e. The summed E-state index contributed by atoms with van der Waals surface area (Å²) in [6.07, 6.45) is -0.0859. The Morgan fingerprint density at radius 1 is 1.31 bits per heavy atom. The monoisotopic (exact) mass is 247 g/mol. The van der Waals surface area contributed by atoms with Gasteiger partial charge in [0.15, 0.2) is 0 Å². The molecule has 0 amide bonds. The van der Waals surface area contributed by atoms with Gasteiger partial charge in [0, 0.05) is 13.0 Å². The smallest absolute Gasteiger partial charge is 0.270 e. The van der Waals surface area contributed by atoms with Crippen LogP contribution >= 0.6 is 12.4 Å². The van der Waals surface area contributed by atoms with Crippen molar-refractivity contribution in [3.8, 4) is 0 Å². The van der Waals surface area contributed by atoms with Crippen molar-refractivity contribution < 1.29 is 8.78 Å². The Kier molecular flexibility index (Phi) is 3.60. The second-order valence-electron chi connectivity index (χ2n) is 4.38. The van der Waals surface area contributed by atoms with E-state index in [1.807, 2.05) is 25.1 Å². The van der Waals surface area contributed by atoms with Gasteiger partial charge in [-0.1, -0.05) is 29.8 Å². The van der Waals surface area contributed by atoms with Gasteiger partial charge in [-0.3, -0.25) is 0 Å². The molecule has 1 aromatic rings. The molecule has 1 aliphatic heterocycles. The van der Waals surface area contributed by atoms with Crippen molar-refractivity contribution in [2.45, 2.75) is 31.7 Å². The van der Waals surface area contributed by atoms with E-state index in [1.165, 1.54) is 0 Å². The molecule has 1 aromatic carbocycles. The van der Waals surface area contributed by atoms with Gasteiger partial charge in [0.05, 0.1) is 0 Å². The SMILES string of the molecule is Cc1cccc(C2(C)NCCC2(F)F)c1.Cl. The highest BCUT2D eigenvalue weighted by atomic mass is 35.5. The fourth-order valence-electron chi connectivity index (χ4n) is 2.12. The van der Waals surface area contributed by atoms with Gasteiger partial charge in [-0.05, 0) is 19.4 Å². The molecule has 1 saturated heterocycles. The third-order valence-corrected chi connectivity index (χ3v) is 3.24. The van der Waals surface area contributed by atoms with Crippen LogP contribution in [0.4, 0.5) is 8.78 Å². The molecule has 0 spiro atoms. The summed E-state index contributed by atoms with van der Waals surface area (Å²) in [6.45, 7) is 3.87. The quantitative estimate of drug-likeness (QED) is 0.803. The zero-order valence-electron chi connectivity index (χ0n) is 9.39. The lowest BCUT2D eigenvalue weighted by Crippen LogP contribution is -2.46. The van der Waals surface area contributed by atoms with E-state index in [1.54, 1.807) is 13.0 Å². The predicted octanol–water partition coefficient (Wildman–Crippen LogP) is 3.26. The van der Waals surface area contributed by atoms with Crippen LogP contribution in [0.1, 0.15) is 24.5 Å². The zero-order valence-corrected chi connectivity index (χ0v) is 10.2. The second-order valence-corrected chi connectivity index (χ2v) is 4.38. The van der Waals surface area contributed by atoms with Crippen molar-refractivity contribution in [2.24, 2.45) is 0 Å². The molecule has 0 saturated carbocycles. The van der Waals surface area contributed by atoms with E-state index >= 15 is 0 Å². The molecule has 0 bridgehead atoms. The highest BCUT2D eigenvalue weighted by Crippen LogP contribution is 2.43. The molecular formula is C12H16ClF2N. The van der Waals surface area contributed by atoms with Gasteiger partial charge in [-0.15, -0.1) is 12.4 Å². The van der Waals surface area contributed by atoms with Crippen LogP contribution in [0.3, 0.4) is 0 Å². The summed E-state index contributed by atoms with van der Waals surface area (Å²) in [7, 11) is 0. The molecule has 1 heterocycles. The fourth-order valence-corrected chi connectivity index (χ4v) is 2.12. The molecule has 2 rings (SSSR count). The molecule has 0 aliphatic carbocycles. The number of aryl methyl sites for hydroxylation is 1. The topological polar surface area (TPSA) is 12.0 Å². The number of hydrogen-bond acceptors (Lipinski definition) is 1. The molecule has 4 heteroatoms. The van der Waals surface area contributed by atoms with Crippen LogP contribution in [0.2, 0.25) is 0 Å². The number of halogens is 3. The van der Waals surface area contributed by atoms with Gasteiger partial charge in [0.1, 0.15) is 5.54 Å². The van der Waals surface area contributed by atoms with Gasteiger partial charge >= 0.3 is 0 Å². The van der Waals surface area contributed by atoms with Crippen molar-refractivity contribution in [1.82, 2.24) is 5.32 Å². The molecular weight excluding hydrogens is 232 g/mol. The summed E-state index contributed by atoms with van der Waals surface area (Å²) in [5.41, 5.74) is 0.474. The molecule has 1 atom stereocenters. The van der Waals surface area contributed by atoms with E-state index in [0.29, 0.717) is 12.1 Å². The Labute approximate surface area is 101 Å². The summed E-state index contributed by atoms with van der Waals surface area (Å²) in [6, 6.07) is 7.33. The molecule has 16 heavy (non-hydrogen) atoms. The lowest BCUT2D eigenvalue weighted by atomic mass is 9.86. The van der Waals surface area contributed by atoms with Crippen LogP contribution < -0.4 is 5.32 Å². The van der Waals surface area contributed by atoms with Crippen molar-refractivity contribution >= 4 is 12.4 Å². The Morgan fingerprint density at radius 2 is 2.00 bits per heavy atom. The maximum atomic E-state index is 13.7. The molecule has 1 nitrogen and oxygen atoms in total. The highest BCUT2D eigenvalue weighted by Gasteiger charge is 2.54. The van der Waals surface area contributed by atoms with Crippen LogP contribution in [-0.4, -0.2) is 12.5 Å². The summed E-state index contributed by atoms with van der Waals surface area (Å²) in [5, 5.41) is 2.92. The number of nitrogens with one attached hydrogen (secondary N) is 1. The molecule has 0 aromatic heterocycles. The standard InChI is InChI=1S/C12H15F2N.ClH/c1-9-4-3-5-10(8-9)11(2)12(13,14)6-7-15-11;/h3-5,8,15H,6-7H2,1-2H3;1H. The summed E-state index contributed by atoms with van der Waals surface area (Å²) in [5.74, 6) is -2.67. The first-order valence-corrected chi connectivity index (χ1v) is 5.16. The Balaban J connectivity index is 0.00000128. The largest absolute Gasteiger partial charge is 0.302 e. The minimum Gasteiger partial charge on any atom is -0.302 e. The summed E-state index contributed by atoms with van der Waals surface area (Å²) in [4.78, 5) is 0. The zero-order chi connectivity index (χ0) is 11.1. The second kappa shape index (κ2) is 4.30. The molecule has 90 valence electrons. The third kappa shape index (κ3) is 1.94. The molecule has 1 unspecified atom stereocenters. The van der Waals surface area contributed by atoms with Gasteiger partial charge in [-0.2, -0.15) is 0 Å². The molecule has 1 N–H and O–H groups in total. The number of benzene rings is 1. The van der Waals surface area contributed by atoms with Crippen LogP contribution in [-0.2, 0) is 5.54 Å². The Hall–Kier alpha value is -0.670. The summed E-state index contributed by atoms with van der Waals surface area (Å²) < 4.78 is 27.5. The van der Waals surface area contributed by atoms with Gasteiger partial charge in [0.25, 0.3) is 5.92 Å². The van der Waals surface area contributed by atoms with E-state index in [4.69, 9.17) is 0 Å².